The molecule has 0 aliphatic rings. The predicted molar refractivity (Wildman–Crippen MR) is 58.9 cm³/mol. The van der Waals surface area contributed by atoms with Gasteiger partial charge in [-0.05, 0) is 17.5 Å². The molecule has 5 heteroatoms. The first-order chi connectivity index (χ1) is 6.63. The summed E-state index contributed by atoms with van der Waals surface area (Å²) >= 11 is 0. The summed E-state index contributed by atoms with van der Waals surface area (Å²) in [5.74, 6) is -1.00. The fraction of sp³-hybridized carbons (Fsp3) is 0.300. The van der Waals surface area contributed by atoms with Gasteiger partial charge in [-0.1, -0.05) is 24.3 Å². The van der Waals surface area contributed by atoms with Crippen molar-refractivity contribution in [3.8, 4) is 0 Å². The number of benzene rings is 1. The van der Waals surface area contributed by atoms with Crippen molar-refractivity contribution in [2.75, 3.05) is 0 Å². The zero-order valence-electron chi connectivity index (χ0n) is 8.09. The van der Waals surface area contributed by atoms with Gasteiger partial charge in [-0.2, -0.15) is 0 Å². The van der Waals surface area contributed by atoms with Crippen LogP contribution < -0.4 is 5.73 Å². The lowest BCUT2D eigenvalue weighted by Gasteiger charge is -2.06. The molecule has 84 valence electrons. The number of carbonyl (C=O) groups is 1. The quantitative estimate of drug-likeness (QED) is 0.707. The number of halogens is 1. The minimum absolute atomic E-state index is 0. The van der Waals surface area contributed by atoms with Crippen molar-refractivity contribution in [1.82, 2.24) is 0 Å². The van der Waals surface area contributed by atoms with Crippen LogP contribution in [0.5, 0.6) is 0 Å². The number of carboxylic acids is 1. The lowest BCUT2D eigenvalue weighted by Crippen LogP contribution is -2.32. The fourth-order valence-electron chi connectivity index (χ4n) is 1.12. The van der Waals surface area contributed by atoms with Gasteiger partial charge < -0.3 is 15.9 Å². The summed E-state index contributed by atoms with van der Waals surface area (Å²) in [6.07, 6.45) is 0.307. The van der Waals surface area contributed by atoms with Gasteiger partial charge in [0, 0.05) is 0 Å². The fourth-order valence-corrected chi connectivity index (χ4v) is 1.12. The highest BCUT2D eigenvalue weighted by Gasteiger charge is 2.11. The molecule has 0 heterocycles. The smallest absolute Gasteiger partial charge is 0.320 e. The first kappa shape index (κ1) is 13.9. The van der Waals surface area contributed by atoms with E-state index in [1.165, 1.54) is 0 Å². The number of aliphatic carboxylic acids is 1. The van der Waals surface area contributed by atoms with E-state index in [1.807, 2.05) is 0 Å². The van der Waals surface area contributed by atoms with Crippen LogP contribution >= 0.6 is 12.4 Å². The van der Waals surface area contributed by atoms with E-state index in [2.05, 4.69) is 0 Å². The Morgan fingerprint density at radius 2 is 1.73 bits per heavy atom. The van der Waals surface area contributed by atoms with Crippen molar-refractivity contribution in [3.05, 3.63) is 35.4 Å². The molecular weight excluding hydrogens is 218 g/mol. The number of hydrogen-bond donors (Lipinski definition) is 3. The Morgan fingerprint density at radius 1 is 1.27 bits per heavy atom. The Morgan fingerprint density at radius 3 is 2.13 bits per heavy atom. The van der Waals surface area contributed by atoms with Crippen LogP contribution in [0.15, 0.2) is 24.3 Å². The molecule has 0 aliphatic carbocycles. The summed E-state index contributed by atoms with van der Waals surface area (Å²) in [7, 11) is 0. The number of hydrogen-bond acceptors (Lipinski definition) is 3. The van der Waals surface area contributed by atoms with Crippen molar-refractivity contribution in [1.29, 1.82) is 0 Å². The molecule has 1 unspecified atom stereocenters. The Balaban J connectivity index is 0.00000196. The van der Waals surface area contributed by atoms with Crippen molar-refractivity contribution in [3.63, 3.8) is 0 Å². The van der Waals surface area contributed by atoms with Gasteiger partial charge >= 0.3 is 5.97 Å². The van der Waals surface area contributed by atoms with Gasteiger partial charge in [0.1, 0.15) is 6.04 Å². The maximum absolute atomic E-state index is 10.5. The van der Waals surface area contributed by atoms with Gasteiger partial charge in [0.2, 0.25) is 0 Å². The van der Waals surface area contributed by atoms with Crippen LogP contribution in [0, 0.1) is 0 Å². The van der Waals surface area contributed by atoms with E-state index in [9.17, 15) is 4.79 Å². The van der Waals surface area contributed by atoms with Crippen LogP contribution in [0.3, 0.4) is 0 Å². The third kappa shape index (κ3) is 4.29. The molecule has 4 nitrogen and oxygen atoms in total. The van der Waals surface area contributed by atoms with Gasteiger partial charge in [0.05, 0.1) is 6.61 Å². The van der Waals surface area contributed by atoms with Crippen LogP contribution in [-0.4, -0.2) is 22.2 Å². The van der Waals surface area contributed by atoms with Gasteiger partial charge in [-0.25, -0.2) is 0 Å². The molecule has 0 radical (unpaired) electrons. The summed E-state index contributed by atoms with van der Waals surface area (Å²) in [4.78, 5) is 10.5. The number of carboxylic acid groups (broad SMARTS) is 1. The first-order valence-electron chi connectivity index (χ1n) is 4.30. The van der Waals surface area contributed by atoms with E-state index >= 15 is 0 Å². The minimum Gasteiger partial charge on any atom is -0.480 e. The van der Waals surface area contributed by atoms with Crippen LogP contribution in [0.2, 0.25) is 0 Å². The average molecular weight is 232 g/mol. The highest BCUT2D eigenvalue weighted by Crippen LogP contribution is 2.06. The maximum atomic E-state index is 10.5. The van der Waals surface area contributed by atoms with Gasteiger partial charge in [-0.3, -0.25) is 4.79 Å². The minimum atomic E-state index is -1.00. The van der Waals surface area contributed by atoms with Gasteiger partial charge in [-0.15, -0.1) is 12.4 Å². The number of aliphatic hydroxyl groups is 1. The highest BCUT2D eigenvalue weighted by atomic mass is 35.5. The average Bonchev–Trinajstić information content (AvgIpc) is 2.19. The molecule has 0 amide bonds. The molecule has 1 atom stereocenters. The topological polar surface area (TPSA) is 83.5 Å². The molecule has 4 N–H and O–H groups in total. The molecule has 0 bridgehead atoms. The third-order valence-corrected chi connectivity index (χ3v) is 1.98. The Kier molecular flexibility index (Phi) is 5.93. The molecular formula is C10H14ClNO3. The van der Waals surface area contributed by atoms with E-state index in [1.54, 1.807) is 24.3 Å². The van der Waals surface area contributed by atoms with E-state index in [0.29, 0.717) is 6.42 Å². The number of rotatable bonds is 4. The lowest BCUT2D eigenvalue weighted by atomic mass is 10.1. The summed E-state index contributed by atoms with van der Waals surface area (Å²) in [5, 5.41) is 17.4. The molecule has 1 aromatic rings. The highest BCUT2D eigenvalue weighted by molar-refractivity contribution is 5.85. The monoisotopic (exact) mass is 231 g/mol. The molecule has 1 rings (SSSR count). The molecule has 0 spiro atoms. The second-order valence-electron chi connectivity index (χ2n) is 3.12. The van der Waals surface area contributed by atoms with Crippen LogP contribution in [0.4, 0.5) is 0 Å². The number of aliphatic hydroxyl groups excluding tert-OH is 1. The third-order valence-electron chi connectivity index (χ3n) is 1.98. The lowest BCUT2D eigenvalue weighted by molar-refractivity contribution is -0.138. The summed E-state index contributed by atoms with van der Waals surface area (Å²) in [5.41, 5.74) is 7.03. The molecule has 0 saturated carbocycles. The Hall–Kier alpha value is -1.10. The summed E-state index contributed by atoms with van der Waals surface area (Å²) in [6.45, 7) is -0.00867. The van der Waals surface area contributed by atoms with Gasteiger partial charge in [0.25, 0.3) is 0 Å². The molecule has 15 heavy (non-hydrogen) atoms. The number of nitrogens with two attached hydrogens (primary N) is 1. The van der Waals surface area contributed by atoms with Crippen molar-refractivity contribution in [2.45, 2.75) is 19.1 Å². The largest absolute Gasteiger partial charge is 0.480 e. The molecule has 0 fully saturated rings. The van der Waals surface area contributed by atoms with E-state index in [0.717, 1.165) is 11.1 Å². The predicted octanol–water partition coefficient (Wildman–Crippen LogP) is 0.555. The normalized spacial score (nSPS) is 11.6. The maximum Gasteiger partial charge on any atom is 0.320 e. The van der Waals surface area contributed by atoms with Crippen molar-refractivity contribution >= 4 is 18.4 Å². The Bertz CT molecular complexity index is 313. The zero-order valence-corrected chi connectivity index (χ0v) is 8.91. The summed E-state index contributed by atoms with van der Waals surface area (Å²) in [6, 6.07) is 6.19. The van der Waals surface area contributed by atoms with Crippen LogP contribution in [0.1, 0.15) is 11.1 Å². The van der Waals surface area contributed by atoms with E-state index in [-0.39, 0.29) is 19.0 Å². The SMILES string of the molecule is Cl.NC(Cc1ccc(CO)cc1)C(=O)O. The molecule has 1 aromatic carbocycles. The van der Waals surface area contributed by atoms with E-state index < -0.39 is 12.0 Å². The standard InChI is InChI=1S/C10H13NO3.ClH/c11-9(10(13)14)5-7-1-3-8(6-12)4-2-7;/h1-4,9,12H,5-6,11H2,(H,13,14);1H. The summed E-state index contributed by atoms with van der Waals surface area (Å²) < 4.78 is 0. The molecule has 0 aromatic heterocycles. The van der Waals surface area contributed by atoms with Crippen molar-refractivity contribution < 1.29 is 15.0 Å². The van der Waals surface area contributed by atoms with E-state index in [4.69, 9.17) is 15.9 Å². The Labute approximate surface area is 94.1 Å². The molecule has 0 aliphatic heterocycles. The van der Waals surface area contributed by atoms with Gasteiger partial charge in [0.15, 0.2) is 0 Å². The van der Waals surface area contributed by atoms with Crippen LogP contribution in [0.25, 0.3) is 0 Å². The zero-order chi connectivity index (χ0) is 10.6. The van der Waals surface area contributed by atoms with Crippen LogP contribution in [-0.2, 0) is 17.8 Å². The second kappa shape index (κ2) is 6.40. The molecule has 0 saturated heterocycles. The first-order valence-corrected chi connectivity index (χ1v) is 4.30. The van der Waals surface area contributed by atoms with Crippen molar-refractivity contribution in [2.24, 2.45) is 5.73 Å². The second-order valence-corrected chi connectivity index (χ2v) is 3.12.